The van der Waals surface area contributed by atoms with Crippen molar-refractivity contribution in [3.8, 4) is 0 Å². The van der Waals surface area contributed by atoms with Crippen molar-refractivity contribution in [2.75, 3.05) is 20.2 Å². The second-order valence-electron chi connectivity index (χ2n) is 8.37. The highest BCUT2D eigenvalue weighted by Crippen LogP contribution is 2.52. The van der Waals surface area contributed by atoms with E-state index in [1.807, 2.05) is 43.9 Å². The monoisotopic (exact) mass is 356 g/mol. The lowest BCUT2D eigenvalue weighted by Crippen LogP contribution is -2.60. The number of ether oxygens (including phenoxy) is 2. The molecule has 1 aliphatic heterocycles. The zero-order chi connectivity index (χ0) is 18.9. The SMILES string of the molecule is [C-]#[N+]c1cccc(C2(OC)C3CCCC2CN(C(=O)OC(C)(C)C)C3)c1. The predicted octanol–water partition coefficient (Wildman–Crippen LogP) is 4.75. The number of amides is 1. The summed E-state index contributed by atoms with van der Waals surface area (Å²) in [5.74, 6) is 0.405. The molecule has 2 aliphatic rings. The molecule has 1 saturated carbocycles. The van der Waals surface area contributed by atoms with Crippen molar-refractivity contribution >= 4 is 11.8 Å². The maximum Gasteiger partial charge on any atom is 0.410 e. The van der Waals surface area contributed by atoms with E-state index in [0.29, 0.717) is 18.8 Å². The third-order valence-corrected chi connectivity index (χ3v) is 5.62. The summed E-state index contributed by atoms with van der Waals surface area (Å²) >= 11 is 0. The molecule has 1 aliphatic carbocycles. The van der Waals surface area contributed by atoms with E-state index in [9.17, 15) is 4.79 Å². The first-order valence-corrected chi connectivity index (χ1v) is 9.31. The molecule has 1 aromatic carbocycles. The standard InChI is InChI=1S/C21H28N2O3/c1-20(2,3)26-19(24)23-13-16-9-6-10-17(14-23)21(16,25-5)15-8-7-11-18(12-15)22-4/h7-8,11-12,16-17H,6,9-10,13-14H2,1-3,5H3. The first-order chi connectivity index (χ1) is 12.3. The molecule has 1 aromatic rings. The molecule has 1 amide bonds. The number of likely N-dealkylation sites (tertiary alicyclic amines) is 1. The first-order valence-electron chi connectivity index (χ1n) is 9.31. The van der Waals surface area contributed by atoms with Gasteiger partial charge in [0, 0.05) is 32.0 Å². The summed E-state index contributed by atoms with van der Waals surface area (Å²) in [4.78, 5) is 18.0. The number of carbonyl (C=O) groups is 1. The van der Waals surface area contributed by atoms with Crippen LogP contribution in [-0.4, -0.2) is 36.8 Å². The molecular weight excluding hydrogens is 328 g/mol. The lowest BCUT2D eigenvalue weighted by Gasteiger charge is -2.55. The average molecular weight is 356 g/mol. The molecule has 0 aromatic heterocycles. The third kappa shape index (κ3) is 3.31. The Labute approximate surface area is 156 Å². The molecular formula is C21H28N2O3. The molecule has 2 bridgehead atoms. The van der Waals surface area contributed by atoms with Crippen LogP contribution >= 0.6 is 0 Å². The van der Waals surface area contributed by atoms with Crippen LogP contribution in [0.5, 0.6) is 0 Å². The van der Waals surface area contributed by atoms with Gasteiger partial charge in [0.2, 0.25) is 0 Å². The maximum atomic E-state index is 12.6. The minimum atomic E-state index is -0.494. The van der Waals surface area contributed by atoms with Crippen LogP contribution in [-0.2, 0) is 15.1 Å². The number of benzene rings is 1. The fraction of sp³-hybridized carbons (Fsp3) is 0.619. The van der Waals surface area contributed by atoms with Gasteiger partial charge in [-0.3, -0.25) is 0 Å². The van der Waals surface area contributed by atoms with E-state index in [0.717, 1.165) is 24.8 Å². The zero-order valence-corrected chi connectivity index (χ0v) is 16.1. The summed E-state index contributed by atoms with van der Waals surface area (Å²) in [6.45, 7) is 14.3. The number of fused-ring (bicyclic) bond motifs is 2. The lowest BCUT2D eigenvalue weighted by molar-refractivity contribution is -0.166. The minimum Gasteiger partial charge on any atom is -0.444 e. The Bertz CT molecular complexity index is 703. The normalized spacial score (nSPS) is 28.3. The predicted molar refractivity (Wildman–Crippen MR) is 100 cm³/mol. The molecule has 2 fully saturated rings. The lowest BCUT2D eigenvalue weighted by atomic mass is 9.62. The second kappa shape index (κ2) is 6.92. The summed E-state index contributed by atoms with van der Waals surface area (Å²) < 4.78 is 11.8. The van der Waals surface area contributed by atoms with Gasteiger partial charge in [0.25, 0.3) is 0 Å². The van der Waals surface area contributed by atoms with E-state index in [1.165, 1.54) is 0 Å². The van der Waals surface area contributed by atoms with Crippen molar-refractivity contribution in [2.45, 2.75) is 51.2 Å². The quantitative estimate of drug-likeness (QED) is 0.719. The summed E-state index contributed by atoms with van der Waals surface area (Å²) in [7, 11) is 1.76. The Morgan fingerprint density at radius 2 is 1.92 bits per heavy atom. The molecule has 5 heteroatoms. The van der Waals surface area contributed by atoms with E-state index in [2.05, 4.69) is 10.9 Å². The first kappa shape index (κ1) is 18.7. The van der Waals surface area contributed by atoms with Crippen molar-refractivity contribution in [3.05, 3.63) is 41.2 Å². The number of methoxy groups -OCH3 is 1. The highest BCUT2D eigenvalue weighted by atomic mass is 16.6. The van der Waals surface area contributed by atoms with E-state index < -0.39 is 11.2 Å². The number of hydrogen-bond donors (Lipinski definition) is 0. The summed E-state index contributed by atoms with van der Waals surface area (Å²) in [5.41, 5.74) is 0.766. The van der Waals surface area contributed by atoms with Crippen LogP contribution in [0.2, 0.25) is 0 Å². The molecule has 0 N–H and O–H groups in total. The number of carbonyl (C=O) groups excluding carboxylic acids is 1. The van der Waals surface area contributed by atoms with Gasteiger partial charge in [-0.25, -0.2) is 9.64 Å². The van der Waals surface area contributed by atoms with Crippen molar-refractivity contribution in [3.63, 3.8) is 0 Å². The molecule has 1 heterocycles. The Hall–Kier alpha value is -2.06. The van der Waals surface area contributed by atoms with E-state index >= 15 is 0 Å². The molecule has 5 nitrogen and oxygen atoms in total. The van der Waals surface area contributed by atoms with Crippen molar-refractivity contribution < 1.29 is 14.3 Å². The van der Waals surface area contributed by atoms with E-state index in [-0.39, 0.29) is 17.9 Å². The van der Waals surface area contributed by atoms with Gasteiger partial charge >= 0.3 is 6.09 Å². The summed E-state index contributed by atoms with van der Waals surface area (Å²) in [6.07, 6.45) is 2.91. The highest BCUT2D eigenvalue weighted by Gasteiger charge is 2.54. The second-order valence-corrected chi connectivity index (χ2v) is 8.37. The van der Waals surface area contributed by atoms with Gasteiger partial charge in [0.05, 0.1) is 6.57 Å². The van der Waals surface area contributed by atoms with Crippen LogP contribution < -0.4 is 0 Å². The number of nitrogens with zero attached hydrogens (tertiary/aromatic N) is 2. The van der Waals surface area contributed by atoms with Crippen molar-refractivity contribution in [1.82, 2.24) is 4.90 Å². The molecule has 2 unspecified atom stereocenters. The molecule has 0 radical (unpaired) electrons. The average Bonchev–Trinajstić information content (AvgIpc) is 2.58. The number of rotatable bonds is 2. The largest absolute Gasteiger partial charge is 0.444 e. The van der Waals surface area contributed by atoms with Gasteiger partial charge in [-0.15, -0.1) is 0 Å². The Morgan fingerprint density at radius 3 is 2.46 bits per heavy atom. The number of piperidine rings is 1. The molecule has 26 heavy (non-hydrogen) atoms. The van der Waals surface area contributed by atoms with Crippen LogP contribution in [0, 0.1) is 18.4 Å². The molecule has 1 saturated heterocycles. The van der Waals surface area contributed by atoms with Crippen LogP contribution in [0.25, 0.3) is 4.85 Å². The highest BCUT2D eigenvalue weighted by molar-refractivity contribution is 5.68. The minimum absolute atomic E-state index is 0.202. The molecule has 3 rings (SSSR count). The Morgan fingerprint density at radius 1 is 1.27 bits per heavy atom. The van der Waals surface area contributed by atoms with Crippen LogP contribution in [0.1, 0.15) is 45.6 Å². The van der Waals surface area contributed by atoms with Crippen LogP contribution in [0.4, 0.5) is 10.5 Å². The third-order valence-electron chi connectivity index (χ3n) is 5.62. The van der Waals surface area contributed by atoms with Crippen LogP contribution in [0.3, 0.4) is 0 Å². The zero-order valence-electron chi connectivity index (χ0n) is 16.1. The fourth-order valence-corrected chi connectivity index (χ4v) is 4.65. The van der Waals surface area contributed by atoms with Crippen LogP contribution in [0.15, 0.2) is 24.3 Å². The van der Waals surface area contributed by atoms with Crippen molar-refractivity contribution in [1.29, 1.82) is 0 Å². The summed E-state index contributed by atoms with van der Waals surface area (Å²) in [5, 5.41) is 0. The maximum absolute atomic E-state index is 12.6. The van der Waals surface area contributed by atoms with Gasteiger partial charge in [-0.2, -0.15) is 0 Å². The number of hydrogen-bond acceptors (Lipinski definition) is 3. The summed E-state index contributed by atoms with van der Waals surface area (Å²) in [6, 6.07) is 7.77. The van der Waals surface area contributed by atoms with Gasteiger partial charge in [0.15, 0.2) is 5.69 Å². The van der Waals surface area contributed by atoms with E-state index in [1.54, 1.807) is 7.11 Å². The Balaban J connectivity index is 1.92. The molecule has 140 valence electrons. The van der Waals surface area contributed by atoms with Gasteiger partial charge < -0.3 is 14.4 Å². The fourth-order valence-electron chi connectivity index (χ4n) is 4.65. The molecule has 0 spiro atoms. The smallest absolute Gasteiger partial charge is 0.410 e. The topological polar surface area (TPSA) is 43.1 Å². The van der Waals surface area contributed by atoms with Gasteiger partial charge in [0.1, 0.15) is 11.2 Å². The van der Waals surface area contributed by atoms with Crippen molar-refractivity contribution in [2.24, 2.45) is 11.8 Å². The van der Waals surface area contributed by atoms with Gasteiger partial charge in [-0.05, 0) is 39.2 Å². The van der Waals surface area contributed by atoms with E-state index in [4.69, 9.17) is 16.0 Å². The van der Waals surface area contributed by atoms with Gasteiger partial charge in [-0.1, -0.05) is 30.7 Å². The molecule has 2 atom stereocenters. The Kier molecular flexibility index (Phi) is 4.98.